The maximum absolute atomic E-state index is 13.6. The Hall–Kier alpha value is -2.77. The number of allylic oxidation sites excluding steroid dienone is 1. The molecule has 0 fully saturated rings. The fourth-order valence-corrected chi connectivity index (χ4v) is 3.35. The molecular formula is C20H22F3N3O2. The van der Waals surface area contributed by atoms with E-state index in [-0.39, 0.29) is 17.7 Å². The van der Waals surface area contributed by atoms with Gasteiger partial charge in [-0.25, -0.2) is 9.48 Å². The Labute approximate surface area is 161 Å². The minimum Gasteiger partial charge on any atom is -0.462 e. The third-order valence-electron chi connectivity index (χ3n) is 4.67. The van der Waals surface area contributed by atoms with E-state index in [0.29, 0.717) is 17.9 Å². The van der Waals surface area contributed by atoms with Gasteiger partial charge in [-0.05, 0) is 25.0 Å². The van der Waals surface area contributed by atoms with Gasteiger partial charge in [0.2, 0.25) is 0 Å². The zero-order valence-electron chi connectivity index (χ0n) is 15.7. The number of alkyl halides is 3. The van der Waals surface area contributed by atoms with E-state index in [1.165, 1.54) is 29.1 Å². The molecule has 0 radical (unpaired) electrons. The highest BCUT2D eigenvalue weighted by Crippen LogP contribution is 2.42. The average Bonchev–Trinajstić information content (AvgIpc) is 3.11. The maximum atomic E-state index is 13.6. The third-order valence-corrected chi connectivity index (χ3v) is 4.67. The molecule has 0 spiro atoms. The molecule has 1 N–H and O–H groups in total. The van der Waals surface area contributed by atoms with E-state index in [4.69, 9.17) is 4.74 Å². The third kappa shape index (κ3) is 3.90. The zero-order chi connectivity index (χ0) is 20.3. The number of benzene rings is 1. The van der Waals surface area contributed by atoms with Crippen molar-refractivity contribution in [1.29, 1.82) is 0 Å². The van der Waals surface area contributed by atoms with Gasteiger partial charge in [-0.15, -0.1) is 0 Å². The monoisotopic (exact) mass is 393 g/mol. The van der Waals surface area contributed by atoms with Gasteiger partial charge in [-0.2, -0.15) is 18.3 Å². The van der Waals surface area contributed by atoms with Crippen LogP contribution in [0.5, 0.6) is 0 Å². The van der Waals surface area contributed by atoms with E-state index in [0.717, 1.165) is 18.9 Å². The van der Waals surface area contributed by atoms with Crippen LogP contribution in [0.1, 0.15) is 50.3 Å². The Bertz CT molecular complexity index is 887. The molecule has 8 heteroatoms. The number of esters is 1. The largest absolute Gasteiger partial charge is 0.462 e. The normalized spacial score (nSPS) is 16.5. The topological polar surface area (TPSA) is 56.1 Å². The van der Waals surface area contributed by atoms with E-state index in [1.807, 2.05) is 6.92 Å². The van der Waals surface area contributed by atoms with Crippen LogP contribution in [0.2, 0.25) is 0 Å². The van der Waals surface area contributed by atoms with Crippen molar-refractivity contribution in [2.75, 3.05) is 11.9 Å². The molecule has 0 saturated heterocycles. The molecule has 0 amide bonds. The fourth-order valence-electron chi connectivity index (χ4n) is 3.35. The summed E-state index contributed by atoms with van der Waals surface area (Å²) < 4.78 is 47.7. The first kappa shape index (κ1) is 20.0. The van der Waals surface area contributed by atoms with Gasteiger partial charge < -0.3 is 10.1 Å². The molecule has 0 bridgehead atoms. The van der Waals surface area contributed by atoms with Crippen LogP contribution < -0.4 is 5.32 Å². The minimum absolute atomic E-state index is 0.0405. The number of nitrogens with zero attached hydrogens (tertiary/aromatic N) is 2. The summed E-state index contributed by atoms with van der Waals surface area (Å²) in [6.45, 7) is 3.91. The highest BCUT2D eigenvalue weighted by Gasteiger charge is 2.40. The Morgan fingerprint density at radius 1 is 1.25 bits per heavy atom. The van der Waals surface area contributed by atoms with Crippen molar-refractivity contribution < 1.29 is 22.7 Å². The molecule has 28 heavy (non-hydrogen) atoms. The Morgan fingerprint density at radius 2 is 2.00 bits per heavy atom. The molecule has 1 unspecified atom stereocenters. The van der Waals surface area contributed by atoms with Crippen LogP contribution >= 0.6 is 0 Å². The molecule has 150 valence electrons. The first-order valence-corrected chi connectivity index (χ1v) is 9.19. The van der Waals surface area contributed by atoms with Crippen LogP contribution in [0.15, 0.2) is 47.8 Å². The molecule has 3 rings (SSSR count). The van der Waals surface area contributed by atoms with E-state index >= 15 is 0 Å². The number of carbonyl (C=O) groups excluding carboxylic acids is 1. The second kappa shape index (κ2) is 8.08. The number of ether oxygens (including phenoxy) is 1. The van der Waals surface area contributed by atoms with Gasteiger partial charge in [0.15, 0.2) is 0 Å². The molecule has 1 aliphatic rings. The lowest BCUT2D eigenvalue weighted by atomic mass is 9.91. The maximum Gasteiger partial charge on any atom is 0.416 e. The summed E-state index contributed by atoms with van der Waals surface area (Å²) in [6.07, 6.45) is -0.488. The first-order valence-electron chi connectivity index (χ1n) is 9.19. The number of anilines is 1. The number of carbonyl (C=O) groups is 1. The first-order chi connectivity index (χ1) is 13.3. The number of fused-ring (bicyclic) bond motifs is 1. The molecule has 5 nitrogen and oxygen atoms in total. The fraction of sp³-hybridized carbons (Fsp3) is 0.400. The Kier molecular flexibility index (Phi) is 5.76. The molecule has 2 heterocycles. The SMILES string of the molecule is CCCCCOC(=O)C1=C(C)Nc2ccnn2C1c1ccccc1C(F)(F)F. The number of rotatable bonds is 6. The molecule has 0 aliphatic carbocycles. The van der Waals surface area contributed by atoms with Crippen LogP contribution in [0.25, 0.3) is 0 Å². The lowest BCUT2D eigenvalue weighted by Crippen LogP contribution is -2.31. The van der Waals surface area contributed by atoms with Crippen LogP contribution in [-0.4, -0.2) is 22.4 Å². The molecule has 1 aliphatic heterocycles. The molecule has 1 aromatic carbocycles. The predicted molar refractivity (Wildman–Crippen MR) is 98.6 cm³/mol. The summed E-state index contributed by atoms with van der Waals surface area (Å²) >= 11 is 0. The van der Waals surface area contributed by atoms with Gasteiger partial charge in [0, 0.05) is 11.8 Å². The van der Waals surface area contributed by atoms with Gasteiger partial charge in [0.05, 0.1) is 23.9 Å². The van der Waals surface area contributed by atoms with E-state index < -0.39 is 23.8 Å². The predicted octanol–water partition coefficient (Wildman–Crippen LogP) is 4.92. The van der Waals surface area contributed by atoms with Gasteiger partial charge in [-0.3, -0.25) is 0 Å². The minimum atomic E-state index is -4.56. The molecular weight excluding hydrogens is 371 g/mol. The van der Waals surface area contributed by atoms with Crippen molar-refractivity contribution in [1.82, 2.24) is 9.78 Å². The van der Waals surface area contributed by atoms with E-state index in [1.54, 1.807) is 13.0 Å². The summed E-state index contributed by atoms with van der Waals surface area (Å²) in [4.78, 5) is 12.8. The summed E-state index contributed by atoms with van der Waals surface area (Å²) in [6, 6.07) is 5.87. The summed E-state index contributed by atoms with van der Waals surface area (Å²) in [7, 11) is 0. The summed E-state index contributed by atoms with van der Waals surface area (Å²) in [5.74, 6) is -0.119. The number of hydrogen-bond acceptors (Lipinski definition) is 4. The Morgan fingerprint density at radius 3 is 2.71 bits per heavy atom. The molecule has 1 atom stereocenters. The van der Waals surface area contributed by atoms with Crippen molar-refractivity contribution in [2.24, 2.45) is 0 Å². The molecule has 2 aromatic rings. The summed E-state index contributed by atoms with van der Waals surface area (Å²) in [5, 5.41) is 7.19. The quantitative estimate of drug-likeness (QED) is 0.559. The zero-order valence-corrected chi connectivity index (χ0v) is 15.7. The van der Waals surface area contributed by atoms with Gasteiger partial charge in [-0.1, -0.05) is 38.0 Å². The van der Waals surface area contributed by atoms with Crippen molar-refractivity contribution >= 4 is 11.8 Å². The van der Waals surface area contributed by atoms with E-state index in [9.17, 15) is 18.0 Å². The second-order valence-corrected chi connectivity index (χ2v) is 6.66. The number of hydrogen-bond donors (Lipinski definition) is 1. The number of aromatic nitrogens is 2. The van der Waals surface area contributed by atoms with E-state index in [2.05, 4.69) is 10.4 Å². The highest BCUT2D eigenvalue weighted by atomic mass is 19.4. The van der Waals surface area contributed by atoms with Crippen molar-refractivity contribution in [2.45, 2.75) is 45.3 Å². The lowest BCUT2D eigenvalue weighted by Gasteiger charge is -2.30. The standard InChI is InChI=1S/C20H22F3N3O2/c1-3-4-7-12-28-19(27)17-13(2)25-16-10-11-24-26(16)18(17)14-8-5-6-9-15(14)20(21,22)23/h5-6,8-11,18,25H,3-4,7,12H2,1-2H3. The van der Waals surface area contributed by atoms with Crippen LogP contribution in [0.4, 0.5) is 19.0 Å². The lowest BCUT2D eigenvalue weighted by molar-refractivity contribution is -0.141. The van der Waals surface area contributed by atoms with Crippen molar-refractivity contribution in [3.05, 3.63) is 58.9 Å². The van der Waals surface area contributed by atoms with Crippen LogP contribution in [0.3, 0.4) is 0 Å². The average molecular weight is 393 g/mol. The molecule has 0 saturated carbocycles. The van der Waals surface area contributed by atoms with Crippen LogP contribution in [-0.2, 0) is 15.7 Å². The van der Waals surface area contributed by atoms with Gasteiger partial charge in [0.25, 0.3) is 0 Å². The number of halogens is 3. The van der Waals surface area contributed by atoms with Crippen molar-refractivity contribution in [3.8, 4) is 0 Å². The van der Waals surface area contributed by atoms with Gasteiger partial charge in [0.1, 0.15) is 11.9 Å². The number of nitrogens with one attached hydrogen (secondary N) is 1. The molecule has 1 aromatic heterocycles. The van der Waals surface area contributed by atoms with Gasteiger partial charge >= 0.3 is 12.1 Å². The smallest absolute Gasteiger partial charge is 0.416 e. The highest BCUT2D eigenvalue weighted by molar-refractivity contribution is 5.92. The van der Waals surface area contributed by atoms with Crippen LogP contribution in [0, 0.1) is 0 Å². The second-order valence-electron chi connectivity index (χ2n) is 6.66. The van der Waals surface area contributed by atoms with Crippen molar-refractivity contribution in [3.63, 3.8) is 0 Å². The summed E-state index contributed by atoms with van der Waals surface area (Å²) in [5.41, 5.74) is -0.256. The number of unbranched alkanes of at least 4 members (excludes halogenated alkanes) is 2. The Balaban J connectivity index is 2.05.